The average molecular weight is 200 g/mol. The van der Waals surface area contributed by atoms with Crippen LogP contribution in [0.15, 0.2) is 0 Å². The first-order valence-corrected chi connectivity index (χ1v) is 5.40. The number of nitrogens with zero attached hydrogens (tertiary/aromatic N) is 1. The topological polar surface area (TPSA) is 41.6 Å². The minimum Gasteiger partial charge on any atom is -0.446 e. The lowest BCUT2D eigenvalue weighted by Gasteiger charge is -2.21. The standard InChI is InChI=1S/C10H20N2O2/c1-9(2)14-10(13)11-12-7-5-3-4-6-8-12/h9H,3-8H2,1-2H3,(H,11,13). The van der Waals surface area contributed by atoms with Crippen LogP contribution in [-0.2, 0) is 4.74 Å². The number of hydrogen-bond acceptors (Lipinski definition) is 3. The van der Waals surface area contributed by atoms with Gasteiger partial charge in [-0.1, -0.05) is 12.8 Å². The Kier molecular flexibility index (Phi) is 4.73. The SMILES string of the molecule is CC(C)OC(=O)NN1CCCCCC1. The van der Waals surface area contributed by atoms with Gasteiger partial charge < -0.3 is 4.74 Å². The van der Waals surface area contributed by atoms with Gasteiger partial charge >= 0.3 is 6.09 Å². The molecule has 4 nitrogen and oxygen atoms in total. The van der Waals surface area contributed by atoms with E-state index >= 15 is 0 Å². The van der Waals surface area contributed by atoms with Crippen molar-refractivity contribution in [2.75, 3.05) is 13.1 Å². The highest BCUT2D eigenvalue weighted by atomic mass is 16.6. The third kappa shape index (κ3) is 4.46. The molecule has 1 heterocycles. The van der Waals surface area contributed by atoms with E-state index in [4.69, 9.17) is 4.74 Å². The van der Waals surface area contributed by atoms with Gasteiger partial charge in [0.1, 0.15) is 0 Å². The molecular formula is C10H20N2O2. The van der Waals surface area contributed by atoms with Gasteiger partial charge in [0.05, 0.1) is 6.10 Å². The number of nitrogens with one attached hydrogen (secondary N) is 1. The molecule has 0 aromatic rings. The highest BCUT2D eigenvalue weighted by Gasteiger charge is 2.12. The lowest BCUT2D eigenvalue weighted by Crippen LogP contribution is -2.43. The molecule has 0 atom stereocenters. The van der Waals surface area contributed by atoms with Crippen molar-refractivity contribution in [3.05, 3.63) is 0 Å². The van der Waals surface area contributed by atoms with Gasteiger partial charge in [-0.15, -0.1) is 0 Å². The van der Waals surface area contributed by atoms with Crippen molar-refractivity contribution in [1.82, 2.24) is 10.4 Å². The lowest BCUT2D eigenvalue weighted by atomic mass is 10.2. The third-order valence-corrected chi connectivity index (χ3v) is 2.20. The predicted molar refractivity (Wildman–Crippen MR) is 54.8 cm³/mol. The molecular weight excluding hydrogens is 180 g/mol. The summed E-state index contributed by atoms with van der Waals surface area (Å²) in [5.74, 6) is 0. The Labute approximate surface area is 85.6 Å². The Balaban J connectivity index is 2.23. The summed E-state index contributed by atoms with van der Waals surface area (Å²) in [6, 6.07) is 0. The van der Waals surface area contributed by atoms with E-state index < -0.39 is 0 Å². The van der Waals surface area contributed by atoms with Crippen LogP contribution in [0.25, 0.3) is 0 Å². The summed E-state index contributed by atoms with van der Waals surface area (Å²) >= 11 is 0. The summed E-state index contributed by atoms with van der Waals surface area (Å²) in [6.07, 6.45) is 4.45. The second kappa shape index (κ2) is 5.86. The molecule has 0 aromatic heterocycles. The minimum absolute atomic E-state index is 0.0537. The predicted octanol–water partition coefficient (Wildman–Crippen LogP) is 1.91. The number of amides is 1. The van der Waals surface area contributed by atoms with Crippen LogP contribution in [0.3, 0.4) is 0 Å². The summed E-state index contributed by atoms with van der Waals surface area (Å²) in [7, 11) is 0. The monoisotopic (exact) mass is 200 g/mol. The van der Waals surface area contributed by atoms with E-state index in [1.165, 1.54) is 12.8 Å². The second-order valence-electron chi connectivity index (χ2n) is 3.97. The van der Waals surface area contributed by atoms with Gasteiger partial charge in [0, 0.05) is 13.1 Å². The van der Waals surface area contributed by atoms with Crippen molar-refractivity contribution in [3.63, 3.8) is 0 Å². The number of hydrazine groups is 1. The number of hydrogen-bond donors (Lipinski definition) is 1. The average Bonchev–Trinajstić information content (AvgIpc) is 2.31. The van der Waals surface area contributed by atoms with Crippen molar-refractivity contribution in [2.24, 2.45) is 0 Å². The fraction of sp³-hybridized carbons (Fsp3) is 0.900. The second-order valence-corrected chi connectivity index (χ2v) is 3.97. The van der Waals surface area contributed by atoms with Crippen LogP contribution < -0.4 is 5.43 Å². The Morgan fingerprint density at radius 1 is 1.21 bits per heavy atom. The molecule has 82 valence electrons. The highest BCUT2D eigenvalue weighted by Crippen LogP contribution is 2.07. The van der Waals surface area contributed by atoms with Gasteiger partial charge in [0.2, 0.25) is 0 Å². The van der Waals surface area contributed by atoms with Crippen molar-refractivity contribution in [3.8, 4) is 0 Å². The quantitative estimate of drug-likeness (QED) is 0.740. The maximum absolute atomic E-state index is 11.3. The van der Waals surface area contributed by atoms with Crippen LogP contribution in [-0.4, -0.2) is 30.3 Å². The molecule has 0 saturated carbocycles. The molecule has 1 N–H and O–H groups in total. The van der Waals surface area contributed by atoms with Gasteiger partial charge in [-0.05, 0) is 26.7 Å². The van der Waals surface area contributed by atoms with E-state index in [1.807, 2.05) is 18.9 Å². The third-order valence-electron chi connectivity index (χ3n) is 2.20. The molecule has 0 bridgehead atoms. The largest absolute Gasteiger partial charge is 0.446 e. The molecule has 1 amide bonds. The molecule has 4 heteroatoms. The Hall–Kier alpha value is -0.770. The number of carbonyl (C=O) groups is 1. The number of ether oxygens (including phenoxy) is 1. The molecule has 0 spiro atoms. The Morgan fingerprint density at radius 2 is 1.79 bits per heavy atom. The van der Waals surface area contributed by atoms with E-state index in [0.29, 0.717) is 0 Å². The van der Waals surface area contributed by atoms with E-state index in [1.54, 1.807) is 0 Å². The van der Waals surface area contributed by atoms with E-state index in [2.05, 4.69) is 5.43 Å². The van der Waals surface area contributed by atoms with E-state index in [0.717, 1.165) is 25.9 Å². The fourth-order valence-corrected chi connectivity index (χ4v) is 1.55. The van der Waals surface area contributed by atoms with E-state index in [9.17, 15) is 4.79 Å². The molecule has 1 fully saturated rings. The molecule has 1 aliphatic heterocycles. The van der Waals surface area contributed by atoms with Crippen molar-refractivity contribution in [2.45, 2.75) is 45.6 Å². The zero-order valence-corrected chi connectivity index (χ0v) is 9.08. The van der Waals surface area contributed by atoms with Crippen LogP contribution in [0.2, 0.25) is 0 Å². The molecule has 14 heavy (non-hydrogen) atoms. The first-order chi connectivity index (χ1) is 6.68. The molecule has 1 saturated heterocycles. The minimum atomic E-state index is -0.332. The van der Waals surface area contributed by atoms with Crippen LogP contribution in [0.4, 0.5) is 4.79 Å². The Bertz CT molecular complexity index is 175. The van der Waals surface area contributed by atoms with Crippen LogP contribution >= 0.6 is 0 Å². The van der Waals surface area contributed by atoms with Crippen molar-refractivity contribution >= 4 is 6.09 Å². The summed E-state index contributed by atoms with van der Waals surface area (Å²) in [4.78, 5) is 11.3. The van der Waals surface area contributed by atoms with Gasteiger partial charge in [-0.3, -0.25) is 5.43 Å². The molecule has 1 aliphatic rings. The number of carbonyl (C=O) groups excluding carboxylic acids is 1. The first kappa shape index (κ1) is 11.3. The number of rotatable bonds is 2. The van der Waals surface area contributed by atoms with Crippen molar-refractivity contribution < 1.29 is 9.53 Å². The molecule has 0 aromatic carbocycles. The normalized spacial score (nSPS) is 19.1. The lowest BCUT2D eigenvalue weighted by molar-refractivity contribution is 0.0834. The van der Waals surface area contributed by atoms with Gasteiger partial charge in [0.25, 0.3) is 0 Å². The summed E-state index contributed by atoms with van der Waals surface area (Å²) < 4.78 is 5.00. The summed E-state index contributed by atoms with van der Waals surface area (Å²) in [5.41, 5.74) is 2.76. The maximum atomic E-state index is 11.3. The molecule has 0 unspecified atom stereocenters. The van der Waals surface area contributed by atoms with E-state index in [-0.39, 0.29) is 12.2 Å². The van der Waals surface area contributed by atoms with Crippen molar-refractivity contribution in [1.29, 1.82) is 0 Å². The zero-order chi connectivity index (χ0) is 10.4. The summed E-state index contributed by atoms with van der Waals surface area (Å²) in [5, 5.41) is 1.96. The van der Waals surface area contributed by atoms with Gasteiger partial charge in [0.15, 0.2) is 0 Å². The molecule has 0 radical (unpaired) electrons. The fourth-order valence-electron chi connectivity index (χ4n) is 1.55. The van der Waals surface area contributed by atoms with Crippen LogP contribution in [0.5, 0.6) is 0 Å². The molecule has 0 aliphatic carbocycles. The van der Waals surface area contributed by atoms with Crippen LogP contribution in [0.1, 0.15) is 39.5 Å². The van der Waals surface area contributed by atoms with Crippen LogP contribution in [0, 0.1) is 0 Å². The zero-order valence-electron chi connectivity index (χ0n) is 9.08. The smallest absolute Gasteiger partial charge is 0.422 e. The summed E-state index contributed by atoms with van der Waals surface area (Å²) in [6.45, 7) is 5.57. The molecule has 1 rings (SSSR count). The first-order valence-electron chi connectivity index (χ1n) is 5.40. The highest BCUT2D eigenvalue weighted by molar-refractivity contribution is 5.66. The van der Waals surface area contributed by atoms with Gasteiger partial charge in [-0.25, -0.2) is 9.80 Å². The Morgan fingerprint density at radius 3 is 2.29 bits per heavy atom. The van der Waals surface area contributed by atoms with Gasteiger partial charge in [-0.2, -0.15) is 0 Å². The maximum Gasteiger partial charge on any atom is 0.422 e.